The van der Waals surface area contributed by atoms with Crippen LogP contribution < -0.4 is 5.32 Å². The summed E-state index contributed by atoms with van der Waals surface area (Å²) < 4.78 is 71.4. The first-order chi connectivity index (χ1) is 9.97. The van der Waals surface area contributed by atoms with Gasteiger partial charge in [0.25, 0.3) is 0 Å². The van der Waals surface area contributed by atoms with Crippen molar-refractivity contribution in [2.75, 3.05) is 13.1 Å². The number of nitrogens with one attached hydrogen (secondary N) is 1. The van der Waals surface area contributed by atoms with Crippen molar-refractivity contribution in [2.24, 2.45) is 0 Å². The van der Waals surface area contributed by atoms with E-state index < -0.39 is 40.4 Å². The molecule has 3 nitrogen and oxygen atoms in total. The summed E-state index contributed by atoms with van der Waals surface area (Å²) >= 11 is 0. The molecule has 114 valence electrons. The molecule has 21 heavy (non-hydrogen) atoms. The quantitative estimate of drug-likeness (QED) is 0.399. The highest BCUT2D eigenvalue weighted by molar-refractivity contribution is 5.58. The van der Waals surface area contributed by atoms with Crippen LogP contribution >= 0.6 is 0 Å². The third-order valence-corrected chi connectivity index (χ3v) is 2.78. The second kappa shape index (κ2) is 6.21. The summed E-state index contributed by atoms with van der Waals surface area (Å²) in [4.78, 5) is 3.75. The SMILES string of the molecule is CCNCCc1ncc(-c2c(F)c(F)c(F)c(F)c2F)o1. The maximum Gasteiger partial charge on any atom is 0.200 e. The molecular formula is C13H11F5N2O. The summed E-state index contributed by atoms with van der Waals surface area (Å²) in [6, 6.07) is 0. The van der Waals surface area contributed by atoms with Gasteiger partial charge in [0.1, 0.15) is 0 Å². The fourth-order valence-electron chi connectivity index (χ4n) is 1.73. The monoisotopic (exact) mass is 306 g/mol. The van der Waals surface area contributed by atoms with Crippen LogP contribution in [0.4, 0.5) is 22.0 Å². The molecule has 0 radical (unpaired) electrons. The van der Waals surface area contributed by atoms with Crippen LogP contribution in [0, 0.1) is 29.1 Å². The van der Waals surface area contributed by atoms with Crippen molar-refractivity contribution in [1.82, 2.24) is 10.3 Å². The number of rotatable bonds is 5. The number of oxazole rings is 1. The van der Waals surface area contributed by atoms with Crippen molar-refractivity contribution < 1.29 is 26.4 Å². The van der Waals surface area contributed by atoms with Crippen LogP contribution in [0.1, 0.15) is 12.8 Å². The predicted octanol–water partition coefficient (Wildman–Crippen LogP) is 3.19. The maximum atomic E-state index is 13.6. The number of benzene rings is 1. The molecule has 0 bridgehead atoms. The van der Waals surface area contributed by atoms with Crippen LogP contribution in [0.15, 0.2) is 10.6 Å². The molecular weight excluding hydrogens is 295 g/mol. The molecule has 0 atom stereocenters. The number of hydrogen-bond acceptors (Lipinski definition) is 3. The summed E-state index contributed by atoms with van der Waals surface area (Å²) in [5.41, 5.74) is -1.12. The predicted molar refractivity (Wildman–Crippen MR) is 64.0 cm³/mol. The first kappa shape index (κ1) is 15.4. The van der Waals surface area contributed by atoms with Crippen molar-refractivity contribution in [3.8, 4) is 11.3 Å². The van der Waals surface area contributed by atoms with Gasteiger partial charge >= 0.3 is 0 Å². The molecule has 0 unspecified atom stereocenters. The molecule has 0 saturated carbocycles. The summed E-state index contributed by atoms with van der Waals surface area (Å²) in [7, 11) is 0. The molecule has 0 aliphatic carbocycles. The Bertz CT molecular complexity index is 627. The van der Waals surface area contributed by atoms with Crippen LogP contribution in [0.2, 0.25) is 0 Å². The van der Waals surface area contributed by atoms with E-state index in [-0.39, 0.29) is 5.89 Å². The number of hydrogen-bond donors (Lipinski definition) is 1. The van der Waals surface area contributed by atoms with Gasteiger partial charge in [0.2, 0.25) is 5.82 Å². The van der Waals surface area contributed by atoms with Gasteiger partial charge in [-0.05, 0) is 6.54 Å². The van der Waals surface area contributed by atoms with Gasteiger partial charge < -0.3 is 9.73 Å². The minimum atomic E-state index is -2.21. The van der Waals surface area contributed by atoms with E-state index in [1.165, 1.54) is 0 Å². The summed E-state index contributed by atoms with van der Waals surface area (Å²) in [5, 5.41) is 2.98. The van der Waals surface area contributed by atoms with E-state index in [4.69, 9.17) is 4.42 Å². The highest BCUT2D eigenvalue weighted by atomic mass is 19.2. The largest absolute Gasteiger partial charge is 0.440 e. The molecule has 2 aromatic rings. The van der Waals surface area contributed by atoms with Gasteiger partial charge in [-0.1, -0.05) is 6.92 Å². The van der Waals surface area contributed by atoms with Crippen LogP contribution in [-0.2, 0) is 6.42 Å². The van der Waals surface area contributed by atoms with E-state index in [0.717, 1.165) is 6.20 Å². The molecule has 1 heterocycles. The smallest absolute Gasteiger partial charge is 0.200 e. The van der Waals surface area contributed by atoms with Crippen molar-refractivity contribution in [1.29, 1.82) is 0 Å². The molecule has 2 rings (SSSR count). The Hall–Kier alpha value is -1.96. The topological polar surface area (TPSA) is 38.1 Å². The molecule has 1 aromatic heterocycles. The summed E-state index contributed by atoms with van der Waals surface area (Å²) in [5.74, 6) is -10.5. The Kier molecular flexibility index (Phi) is 4.56. The van der Waals surface area contributed by atoms with E-state index in [9.17, 15) is 22.0 Å². The molecule has 0 fully saturated rings. The number of halogens is 5. The van der Waals surface area contributed by atoms with Gasteiger partial charge in [-0.3, -0.25) is 0 Å². The molecule has 0 saturated heterocycles. The second-order valence-corrected chi connectivity index (χ2v) is 4.17. The fraction of sp³-hybridized carbons (Fsp3) is 0.308. The van der Waals surface area contributed by atoms with Gasteiger partial charge in [-0.2, -0.15) is 0 Å². The highest BCUT2D eigenvalue weighted by Gasteiger charge is 2.28. The van der Waals surface area contributed by atoms with Gasteiger partial charge in [0.15, 0.2) is 34.9 Å². The van der Waals surface area contributed by atoms with E-state index in [1.54, 1.807) is 0 Å². The zero-order chi connectivity index (χ0) is 15.6. The first-order valence-electron chi connectivity index (χ1n) is 6.14. The van der Waals surface area contributed by atoms with E-state index in [1.807, 2.05) is 6.92 Å². The molecule has 1 aromatic carbocycles. The Morgan fingerprint density at radius 3 is 2.14 bits per heavy atom. The number of nitrogens with zero attached hydrogens (tertiary/aromatic N) is 1. The Balaban J connectivity index is 2.39. The average molecular weight is 306 g/mol. The standard InChI is InChI=1S/C13H11F5N2O/c1-2-19-4-3-7-20-5-6(21-7)8-9(14)11(16)13(18)12(17)10(8)15/h5,19H,2-4H2,1H3. The van der Waals surface area contributed by atoms with Crippen LogP contribution in [0.25, 0.3) is 11.3 Å². The molecule has 0 aliphatic rings. The minimum absolute atomic E-state index is 0.134. The lowest BCUT2D eigenvalue weighted by Gasteiger charge is -2.05. The van der Waals surface area contributed by atoms with Gasteiger partial charge in [-0.15, -0.1) is 0 Å². The van der Waals surface area contributed by atoms with Gasteiger partial charge in [0.05, 0.1) is 11.8 Å². The molecule has 0 spiro atoms. The zero-order valence-electron chi connectivity index (χ0n) is 10.9. The maximum absolute atomic E-state index is 13.6. The molecule has 1 N–H and O–H groups in total. The third kappa shape index (κ3) is 2.90. The minimum Gasteiger partial charge on any atom is -0.440 e. The van der Waals surface area contributed by atoms with Gasteiger partial charge in [0, 0.05) is 13.0 Å². The second-order valence-electron chi connectivity index (χ2n) is 4.17. The lowest BCUT2D eigenvalue weighted by molar-refractivity contribution is 0.378. The van der Waals surface area contributed by atoms with E-state index in [2.05, 4.69) is 10.3 Å². The molecule has 0 amide bonds. The Morgan fingerprint density at radius 2 is 1.57 bits per heavy atom. The fourth-order valence-corrected chi connectivity index (χ4v) is 1.73. The van der Waals surface area contributed by atoms with Crippen molar-refractivity contribution in [2.45, 2.75) is 13.3 Å². The lowest BCUT2D eigenvalue weighted by atomic mass is 10.1. The Labute approximate surface area is 116 Å². The average Bonchev–Trinajstić information content (AvgIpc) is 2.92. The summed E-state index contributed by atoms with van der Waals surface area (Å²) in [6.07, 6.45) is 1.25. The normalized spacial score (nSPS) is 11.1. The molecule has 8 heteroatoms. The number of likely N-dealkylation sites (N-methyl/N-ethyl adjacent to an activating group) is 1. The van der Waals surface area contributed by atoms with Crippen LogP contribution in [0.3, 0.4) is 0 Å². The van der Waals surface area contributed by atoms with Crippen LogP contribution in [0.5, 0.6) is 0 Å². The molecule has 0 aliphatic heterocycles. The first-order valence-corrected chi connectivity index (χ1v) is 6.14. The van der Waals surface area contributed by atoms with Crippen molar-refractivity contribution >= 4 is 0 Å². The van der Waals surface area contributed by atoms with Gasteiger partial charge in [-0.25, -0.2) is 26.9 Å². The van der Waals surface area contributed by atoms with Crippen molar-refractivity contribution in [3.63, 3.8) is 0 Å². The lowest BCUT2D eigenvalue weighted by Crippen LogP contribution is -2.16. The summed E-state index contributed by atoms with van der Waals surface area (Å²) in [6.45, 7) is 3.11. The van der Waals surface area contributed by atoms with Crippen molar-refractivity contribution in [3.05, 3.63) is 41.2 Å². The zero-order valence-corrected chi connectivity index (χ0v) is 10.9. The number of aromatic nitrogens is 1. The van der Waals surface area contributed by atoms with Crippen LogP contribution in [-0.4, -0.2) is 18.1 Å². The highest BCUT2D eigenvalue weighted by Crippen LogP contribution is 2.31. The van der Waals surface area contributed by atoms with E-state index >= 15 is 0 Å². The Morgan fingerprint density at radius 1 is 1.00 bits per heavy atom. The van der Waals surface area contributed by atoms with E-state index in [0.29, 0.717) is 19.5 Å². The third-order valence-electron chi connectivity index (χ3n) is 2.78.